The molecule has 1 aliphatic rings. The summed E-state index contributed by atoms with van der Waals surface area (Å²) in [5.41, 5.74) is 0.681. The summed E-state index contributed by atoms with van der Waals surface area (Å²) in [4.78, 5) is 24.9. The number of carboxylic acid groups (broad SMARTS) is 1. The van der Waals surface area contributed by atoms with Gasteiger partial charge in [-0.25, -0.2) is 4.79 Å². The molecule has 1 aliphatic carbocycles. The Hall–Kier alpha value is -2.28. The maximum atomic E-state index is 12.1. The minimum absolute atomic E-state index is 0.0449. The highest BCUT2D eigenvalue weighted by atomic mass is 16.5. The van der Waals surface area contributed by atoms with E-state index >= 15 is 0 Å². The zero-order valence-electron chi connectivity index (χ0n) is 15.7. The Morgan fingerprint density at radius 2 is 2.08 bits per heavy atom. The van der Waals surface area contributed by atoms with Gasteiger partial charge in [0, 0.05) is 23.8 Å². The van der Waals surface area contributed by atoms with Crippen LogP contribution in [0.1, 0.15) is 33.6 Å². The van der Waals surface area contributed by atoms with Crippen LogP contribution in [0.4, 0.5) is 10.5 Å². The summed E-state index contributed by atoms with van der Waals surface area (Å²) in [5.74, 6) is 0.346. The predicted molar refractivity (Wildman–Crippen MR) is 101 cm³/mol. The molecule has 144 valence electrons. The van der Waals surface area contributed by atoms with Crippen molar-refractivity contribution in [3.63, 3.8) is 0 Å². The molecule has 0 radical (unpaired) electrons. The van der Waals surface area contributed by atoms with Crippen LogP contribution in [-0.2, 0) is 4.79 Å². The van der Waals surface area contributed by atoms with E-state index in [0.29, 0.717) is 24.8 Å². The van der Waals surface area contributed by atoms with Crippen molar-refractivity contribution >= 4 is 17.7 Å². The van der Waals surface area contributed by atoms with E-state index in [-0.39, 0.29) is 24.7 Å². The predicted octanol–water partition coefficient (Wildman–Crippen LogP) is 2.78. The van der Waals surface area contributed by atoms with E-state index in [4.69, 9.17) is 9.84 Å². The molecule has 0 atom stereocenters. The molecule has 1 fully saturated rings. The highest BCUT2D eigenvalue weighted by Gasteiger charge is 2.34. The van der Waals surface area contributed by atoms with Gasteiger partial charge in [0.15, 0.2) is 0 Å². The SMILES string of the molecule is CCN(CC(=O)O)C1CC(NC(=O)Nc2cccc(OCC(C)C)c2)C1. The zero-order chi connectivity index (χ0) is 19.1. The Labute approximate surface area is 154 Å². The van der Waals surface area contributed by atoms with E-state index in [1.54, 1.807) is 6.07 Å². The van der Waals surface area contributed by atoms with Gasteiger partial charge in [-0.15, -0.1) is 0 Å². The first-order valence-electron chi connectivity index (χ1n) is 9.13. The Morgan fingerprint density at radius 3 is 2.69 bits per heavy atom. The van der Waals surface area contributed by atoms with Crippen LogP contribution in [0.25, 0.3) is 0 Å². The molecule has 3 N–H and O–H groups in total. The fourth-order valence-electron chi connectivity index (χ4n) is 2.96. The molecule has 0 unspecified atom stereocenters. The number of rotatable bonds is 9. The number of nitrogens with one attached hydrogen (secondary N) is 2. The maximum absolute atomic E-state index is 12.1. The van der Waals surface area contributed by atoms with E-state index in [0.717, 1.165) is 18.6 Å². The van der Waals surface area contributed by atoms with Gasteiger partial charge in [0.2, 0.25) is 0 Å². The normalized spacial score (nSPS) is 19.1. The molecule has 1 aromatic rings. The molecule has 0 aliphatic heterocycles. The number of carbonyl (C=O) groups excluding carboxylic acids is 1. The molecule has 1 aromatic carbocycles. The van der Waals surface area contributed by atoms with Crippen LogP contribution in [0, 0.1) is 5.92 Å². The Kier molecular flexibility index (Phi) is 7.26. The van der Waals surface area contributed by atoms with Crippen LogP contribution in [0.15, 0.2) is 24.3 Å². The number of carboxylic acids is 1. The van der Waals surface area contributed by atoms with E-state index in [2.05, 4.69) is 24.5 Å². The summed E-state index contributed by atoms with van der Waals surface area (Å²) in [5, 5.41) is 14.7. The van der Waals surface area contributed by atoms with Crippen molar-refractivity contribution in [2.45, 2.75) is 45.7 Å². The van der Waals surface area contributed by atoms with Crippen LogP contribution in [-0.4, -0.2) is 53.8 Å². The summed E-state index contributed by atoms with van der Waals surface area (Å²) in [7, 11) is 0. The third kappa shape index (κ3) is 6.22. The fourth-order valence-corrected chi connectivity index (χ4v) is 2.96. The molecule has 2 rings (SSSR count). The van der Waals surface area contributed by atoms with Gasteiger partial charge in [-0.1, -0.05) is 26.8 Å². The van der Waals surface area contributed by atoms with Crippen molar-refractivity contribution in [2.24, 2.45) is 5.92 Å². The molecule has 7 heteroatoms. The topological polar surface area (TPSA) is 90.9 Å². The molecule has 7 nitrogen and oxygen atoms in total. The van der Waals surface area contributed by atoms with Gasteiger partial charge in [0.05, 0.1) is 13.2 Å². The number of aliphatic carboxylic acids is 1. The van der Waals surface area contributed by atoms with Crippen LogP contribution in [0.2, 0.25) is 0 Å². The minimum Gasteiger partial charge on any atom is -0.493 e. The monoisotopic (exact) mass is 363 g/mol. The minimum atomic E-state index is -0.819. The molecule has 26 heavy (non-hydrogen) atoms. The standard InChI is InChI=1S/C19H29N3O4/c1-4-22(11-18(23)24)16-8-15(9-16)21-19(25)20-14-6-5-7-17(10-14)26-12-13(2)3/h5-7,10,13,15-16H,4,8-9,11-12H2,1-3H3,(H,23,24)(H2,20,21,25). The highest BCUT2D eigenvalue weighted by molar-refractivity contribution is 5.89. The van der Waals surface area contributed by atoms with Crippen LogP contribution in [0.3, 0.4) is 0 Å². The van der Waals surface area contributed by atoms with Crippen molar-refractivity contribution in [1.29, 1.82) is 0 Å². The van der Waals surface area contributed by atoms with E-state index in [1.165, 1.54) is 0 Å². The fraction of sp³-hybridized carbons (Fsp3) is 0.579. The summed E-state index contributed by atoms with van der Waals surface area (Å²) in [6, 6.07) is 7.36. The molecule has 0 heterocycles. The van der Waals surface area contributed by atoms with Crippen molar-refractivity contribution in [3.05, 3.63) is 24.3 Å². The van der Waals surface area contributed by atoms with E-state index in [1.807, 2.05) is 30.0 Å². The van der Waals surface area contributed by atoms with Gasteiger partial charge in [0.1, 0.15) is 5.75 Å². The van der Waals surface area contributed by atoms with Gasteiger partial charge >= 0.3 is 12.0 Å². The second-order valence-electron chi connectivity index (χ2n) is 7.11. The lowest BCUT2D eigenvalue weighted by Crippen LogP contribution is -2.55. The number of anilines is 1. The lowest BCUT2D eigenvalue weighted by molar-refractivity contribution is -0.139. The van der Waals surface area contributed by atoms with Crippen molar-refractivity contribution < 1.29 is 19.4 Å². The van der Waals surface area contributed by atoms with Gasteiger partial charge in [-0.2, -0.15) is 0 Å². The number of hydrogen-bond acceptors (Lipinski definition) is 4. The van der Waals surface area contributed by atoms with Gasteiger partial charge in [-0.05, 0) is 37.4 Å². The molecule has 0 aromatic heterocycles. The second-order valence-corrected chi connectivity index (χ2v) is 7.11. The summed E-state index contributed by atoms with van der Waals surface area (Å²) in [6.45, 7) is 7.48. The molecular formula is C19H29N3O4. The third-order valence-electron chi connectivity index (χ3n) is 4.38. The van der Waals surface area contributed by atoms with E-state index in [9.17, 15) is 9.59 Å². The van der Waals surface area contributed by atoms with Crippen LogP contribution < -0.4 is 15.4 Å². The highest BCUT2D eigenvalue weighted by Crippen LogP contribution is 2.26. The molecular weight excluding hydrogens is 334 g/mol. The molecule has 1 saturated carbocycles. The first-order chi connectivity index (χ1) is 12.4. The molecule has 0 saturated heterocycles. The third-order valence-corrected chi connectivity index (χ3v) is 4.38. The van der Waals surface area contributed by atoms with Gasteiger partial charge in [-0.3, -0.25) is 9.69 Å². The number of hydrogen-bond donors (Lipinski definition) is 3. The summed E-state index contributed by atoms with van der Waals surface area (Å²) in [6.07, 6.45) is 1.54. The molecule has 2 amide bonds. The molecule has 0 bridgehead atoms. The lowest BCUT2D eigenvalue weighted by atomic mass is 9.85. The number of urea groups is 1. The average Bonchev–Trinajstić information content (AvgIpc) is 2.54. The lowest BCUT2D eigenvalue weighted by Gasteiger charge is -2.42. The van der Waals surface area contributed by atoms with Crippen molar-refractivity contribution in [2.75, 3.05) is 25.0 Å². The van der Waals surface area contributed by atoms with Crippen molar-refractivity contribution in [3.8, 4) is 5.75 Å². The van der Waals surface area contributed by atoms with Crippen LogP contribution in [0.5, 0.6) is 5.75 Å². The number of likely N-dealkylation sites (N-methyl/N-ethyl adjacent to an activating group) is 1. The number of carbonyl (C=O) groups is 2. The second kappa shape index (κ2) is 9.43. The smallest absolute Gasteiger partial charge is 0.319 e. The largest absolute Gasteiger partial charge is 0.493 e. The zero-order valence-corrected chi connectivity index (χ0v) is 15.7. The first kappa shape index (κ1) is 20.0. The number of amides is 2. The Morgan fingerprint density at radius 1 is 1.35 bits per heavy atom. The summed E-state index contributed by atoms with van der Waals surface area (Å²) < 4.78 is 5.66. The van der Waals surface area contributed by atoms with Gasteiger partial charge < -0.3 is 20.5 Å². The maximum Gasteiger partial charge on any atom is 0.319 e. The van der Waals surface area contributed by atoms with Gasteiger partial charge in [0.25, 0.3) is 0 Å². The number of ether oxygens (including phenoxy) is 1. The number of nitrogens with zero attached hydrogens (tertiary/aromatic N) is 1. The quantitative estimate of drug-likeness (QED) is 0.628. The van der Waals surface area contributed by atoms with Crippen molar-refractivity contribution in [1.82, 2.24) is 10.2 Å². The first-order valence-corrected chi connectivity index (χ1v) is 9.13. The molecule has 0 spiro atoms. The average molecular weight is 363 g/mol. The summed E-state index contributed by atoms with van der Waals surface area (Å²) >= 11 is 0. The Bertz CT molecular complexity index is 615. The number of benzene rings is 1. The van der Waals surface area contributed by atoms with Crippen LogP contribution >= 0.6 is 0 Å². The van der Waals surface area contributed by atoms with E-state index < -0.39 is 5.97 Å². The Balaban J connectivity index is 1.76.